The summed E-state index contributed by atoms with van der Waals surface area (Å²) in [4.78, 5) is 22.9. The molecule has 3 atom stereocenters. The minimum absolute atomic E-state index is 0.0107. The van der Waals surface area contributed by atoms with Gasteiger partial charge in [-0.1, -0.05) is 0 Å². The predicted molar refractivity (Wildman–Crippen MR) is 90.8 cm³/mol. The third-order valence-corrected chi connectivity index (χ3v) is 5.44. The molecule has 2 aromatic heterocycles. The highest BCUT2D eigenvalue weighted by atomic mass is 32.1. The molecule has 2 saturated heterocycles. The van der Waals surface area contributed by atoms with Crippen LogP contribution < -0.4 is 5.32 Å². The summed E-state index contributed by atoms with van der Waals surface area (Å²) in [5, 5.41) is 7.39. The van der Waals surface area contributed by atoms with E-state index < -0.39 is 0 Å². The average Bonchev–Trinajstić information content (AvgIpc) is 3.25. The number of hydrogen-bond donors (Lipinski definition) is 1. The van der Waals surface area contributed by atoms with Crippen molar-refractivity contribution in [2.24, 2.45) is 0 Å². The Kier molecular flexibility index (Phi) is 4.55. The van der Waals surface area contributed by atoms with Crippen LogP contribution in [0, 0.1) is 0 Å². The van der Waals surface area contributed by atoms with E-state index in [4.69, 9.17) is 4.74 Å². The maximum absolute atomic E-state index is 12.4. The molecule has 4 rings (SSSR count). The normalized spacial score (nSPS) is 26.9. The van der Waals surface area contributed by atoms with Crippen LogP contribution >= 0.6 is 11.3 Å². The van der Waals surface area contributed by atoms with E-state index in [-0.39, 0.29) is 18.1 Å². The quantitative estimate of drug-likeness (QED) is 0.914. The van der Waals surface area contributed by atoms with E-state index >= 15 is 0 Å². The van der Waals surface area contributed by atoms with Crippen LogP contribution in [-0.2, 0) is 11.3 Å². The Morgan fingerprint density at radius 1 is 1.46 bits per heavy atom. The molecule has 24 heavy (non-hydrogen) atoms. The van der Waals surface area contributed by atoms with Crippen LogP contribution in [0.25, 0.3) is 0 Å². The van der Waals surface area contributed by atoms with Crippen molar-refractivity contribution >= 4 is 17.2 Å². The number of carbonyl (C=O) groups is 1. The number of hydrogen-bond acceptors (Lipinski definition) is 6. The topological polar surface area (TPSA) is 67.4 Å². The standard InChI is InChI=1S/C17H20N4O2S/c22-17(13-8-18-4-5-19-13)20-14-10-21(9-12-3-7-24-11-12)15-2-1-6-23-16(14)15/h3-5,7-8,11,14-16H,1-2,6,9-10H2,(H,20,22)/t14-,15+,16+/m0/s1. The molecule has 0 spiro atoms. The first-order valence-electron chi connectivity index (χ1n) is 8.25. The molecule has 0 aliphatic carbocycles. The number of fused-ring (bicyclic) bond motifs is 1. The third-order valence-electron chi connectivity index (χ3n) is 4.71. The van der Waals surface area contributed by atoms with Gasteiger partial charge in [0.05, 0.1) is 18.3 Å². The number of nitrogens with zero attached hydrogens (tertiary/aromatic N) is 3. The van der Waals surface area contributed by atoms with Gasteiger partial charge >= 0.3 is 0 Å². The van der Waals surface area contributed by atoms with Crippen molar-refractivity contribution in [2.45, 2.75) is 37.6 Å². The van der Waals surface area contributed by atoms with Crippen LogP contribution in [0.1, 0.15) is 28.9 Å². The maximum Gasteiger partial charge on any atom is 0.271 e. The van der Waals surface area contributed by atoms with Crippen LogP contribution in [0.2, 0.25) is 0 Å². The first-order chi connectivity index (χ1) is 11.8. The van der Waals surface area contributed by atoms with Crippen molar-refractivity contribution in [2.75, 3.05) is 13.2 Å². The van der Waals surface area contributed by atoms with E-state index in [1.165, 1.54) is 18.0 Å². The Balaban J connectivity index is 1.47. The van der Waals surface area contributed by atoms with Gasteiger partial charge in [-0.3, -0.25) is 14.7 Å². The van der Waals surface area contributed by atoms with Crippen molar-refractivity contribution < 1.29 is 9.53 Å². The highest BCUT2D eigenvalue weighted by molar-refractivity contribution is 7.07. The van der Waals surface area contributed by atoms with E-state index in [1.807, 2.05) is 0 Å². The van der Waals surface area contributed by atoms with Crippen molar-refractivity contribution in [3.63, 3.8) is 0 Å². The van der Waals surface area contributed by atoms with Crippen molar-refractivity contribution in [1.29, 1.82) is 0 Å². The van der Waals surface area contributed by atoms with Gasteiger partial charge in [0.25, 0.3) is 5.91 Å². The summed E-state index contributed by atoms with van der Waals surface area (Å²) in [6.07, 6.45) is 6.84. The first kappa shape index (κ1) is 15.7. The molecule has 4 heterocycles. The van der Waals surface area contributed by atoms with Crippen LogP contribution in [0.15, 0.2) is 35.4 Å². The van der Waals surface area contributed by atoms with E-state index in [1.54, 1.807) is 17.5 Å². The van der Waals surface area contributed by atoms with Gasteiger partial charge in [-0.05, 0) is 35.2 Å². The molecular formula is C17H20N4O2S. The molecule has 1 N–H and O–H groups in total. The molecule has 2 aliphatic rings. The average molecular weight is 344 g/mol. The van der Waals surface area contributed by atoms with Crippen molar-refractivity contribution in [1.82, 2.24) is 20.2 Å². The summed E-state index contributed by atoms with van der Waals surface area (Å²) in [5.41, 5.74) is 1.67. The van der Waals surface area contributed by atoms with Crippen molar-refractivity contribution in [3.8, 4) is 0 Å². The van der Waals surface area contributed by atoms with Crippen LogP contribution in [-0.4, -0.2) is 52.1 Å². The smallest absolute Gasteiger partial charge is 0.271 e. The lowest BCUT2D eigenvalue weighted by atomic mass is 10.0. The summed E-state index contributed by atoms with van der Waals surface area (Å²) in [6.45, 7) is 2.48. The molecule has 2 aromatic rings. The number of ether oxygens (including phenoxy) is 1. The van der Waals surface area contributed by atoms with Gasteiger partial charge < -0.3 is 10.1 Å². The monoisotopic (exact) mass is 344 g/mol. The van der Waals surface area contributed by atoms with Gasteiger partial charge in [-0.15, -0.1) is 0 Å². The Hall–Kier alpha value is -1.83. The summed E-state index contributed by atoms with van der Waals surface area (Å²) in [6, 6.07) is 2.52. The fourth-order valence-corrected chi connectivity index (χ4v) is 4.30. The van der Waals surface area contributed by atoms with Gasteiger partial charge in [0.15, 0.2) is 0 Å². The third kappa shape index (κ3) is 3.19. The molecule has 0 unspecified atom stereocenters. The largest absolute Gasteiger partial charge is 0.374 e. The summed E-state index contributed by atoms with van der Waals surface area (Å²) >= 11 is 1.72. The fourth-order valence-electron chi connectivity index (χ4n) is 3.64. The number of rotatable bonds is 4. The molecule has 0 bridgehead atoms. The minimum atomic E-state index is -0.182. The number of likely N-dealkylation sites (tertiary alicyclic amines) is 1. The maximum atomic E-state index is 12.4. The summed E-state index contributed by atoms with van der Waals surface area (Å²) in [7, 11) is 0. The van der Waals surface area contributed by atoms with E-state index in [0.29, 0.717) is 11.7 Å². The molecule has 6 nitrogen and oxygen atoms in total. The van der Waals surface area contributed by atoms with E-state index in [2.05, 4.69) is 37.0 Å². The highest BCUT2D eigenvalue weighted by Crippen LogP contribution is 2.30. The van der Waals surface area contributed by atoms with Crippen molar-refractivity contribution in [3.05, 3.63) is 46.7 Å². The van der Waals surface area contributed by atoms with Crippen LogP contribution in [0.3, 0.4) is 0 Å². The van der Waals surface area contributed by atoms with Gasteiger partial charge in [0.1, 0.15) is 5.69 Å². The Morgan fingerprint density at radius 2 is 2.42 bits per heavy atom. The lowest BCUT2D eigenvalue weighted by Crippen LogP contribution is -2.47. The lowest BCUT2D eigenvalue weighted by molar-refractivity contribution is -0.0211. The molecule has 0 radical (unpaired) electrons. The highest BCUT2D eigenvalue weighted by Gasteiger charge is 2.44. The molecule has 7 heteroatoms. The Labute approximate surface area is 144 Å². The number of amides is 1. The zero-order chi connectivity index (χ0) is 16.4. The van der Waals surface area contributed by atoms with Gasteiger partial charge in [0.2, 0.25) is 0 Å². The Morgan fingerprint density at radius 3 is 3.21 bits per heavy atom. The van der Waals surface area contributed by atoms with E-state index in [0.717, 1.165) is 32.5 Å². The van der Waals surface area contributed by atoms with Gasteiger partial charge in [-0.25, -0.2) is 4.98 Å². The predicted octanol–water partition coefficient (Wildman–Crippen LogP) is 1.70. The number of thiophene rings is 1. The zero-order valence-electron chi connectivity index (χ0n) is 13.3. The molecule has 2 aliphatic heterocycles. The second-order valence-corrected chi connectivity index (χ2v) is 7.06. The number of nitrogens with one attached hydrogen (secondary N) is 1. The second kappa shape index (κ2) is 6.96. The first-order valence-corrected chi connectivity index (χ1v) is 9.19. The van der Waals surface area contributed by atoms with Crippen LogP contribution in [0.5, 0.6) is 0 Å². The Bertz CT molecular complexity index is 679. The number of aromatic nitrogens is 2. The number of carbonyl (C=O) groups excluding carboxylic acids is 1. The van der Waals surface area contributed by atoms with Gasteiger partial charge in [-0.2, -0.15) is 11.3 Å². The molecule has 0 aromatic carbocycles. The SMILES string of the molecule is O=C(N[C@H]1CN(Cc2ccsc2)[C@@H]2CCCO[C@H]12)c1cnccn1. The van der Waals surface area contributed by atoms with Crippen LogP contribution in [0.4, 0.5) is 0 Å². The molecule has 0 saturated carbocycles. The molecular weight excluding hydrogens is 324 g/mol. The second-order valence-electron chi connectivity index (χ2n) is 6.28. The molecule has 2 fully saturated rings. The summed E-state index contributed by atoms with van der Waals surface area (Å²) in [5.74, 6) is -0.182. The summed E-state index contributed by atoms with van der Waals surface area (Å²) < 4.78 is 6.01. The molecule has 1 amide bonds. The minimum Gasteiger partial charge on any atom is -0.374 e. The lowest BCUT2D eigenvalue weighted by Gasteiger charge is -2.32. The zero-order valence-corrected chi connectivity index (χ0v) is 14.1. The van der Waals surface area contributed by atoms with E-state index in [9.17, 15) is 4.79 Å². The molecule has 126 valence electrons. The van der Waals surface area contributed by atoms with Gasteiger partial charge in [0, 0.05) is 38.1 Å². The fraction of sp³-hybridized carbons (Fsp3) is 0.471.